The maximum absolute atomic E-state index is 13.8. The van der Waals surface area contributed by atoms with E-state index < -0.39 is 35.3 Å². The third-order valence-electron chi connectivity index (χ3n) is 7.90. The standard InChI is InChI=1S/C28H27NO8/c1-34-24(30)19-20(25(31)35-2)22-16-11-7-9-15-10-8-12-17(18(15)16)28(22,29-13-5-6-14-29)23(27(33)37-4)21(19)26(32)36-3/h7-12,22H,5-6,13-14H2,1-4H3/p+1/t22-,28+/m1/s1. The number of quaternary nitrogens is 1. The SMILES string of the molecule is COC(=O)C1=C(C(=O)OC)[C@H]2c3cccc4cccc(c34)[C@@]2([NH+]2CCCC2)C(C(=O)OC)=C1C(=O)OC. The second-order valence-electron chi connectivity index (χ2n) is 9.31. The number of benzene rings is 2. The van der Waals surface area contributed by atoms with Gasteiger partial charge in [-0.1, -0.05) is 36.4 Å². The van der Waals surface area contributed by atoms with Crippen molar-refractivity contribution >= 4 is 34.6 Å². The summed E-state index contributed by atoms with van der Waals surface area (Å²) >= 11 is 0. The highest BCUT2D eigenvalue weighted by molar-refractivity contribution is 6.19. The first-order chi connectivity index (χ1) is 17.9. The van der Waals surface area contributed by atoms with Crippen molar-refractivity contribution in [2.45, 2.75) is 24.3 Å². The van der Waals surface area contributed by atoms with Crippen LogP contribution in [0.3, 0.4) is 0 Å². The molecule has 9 nitrogen and oxygen atoms in total. The Balaban J connectivity index is 2.07. The van der Waals surface area contributed by atoms with Crippen molar-refractivity contribution < 1.29 is 43.0 Å². The van der Waals surface area contributed by atoms with Crippen LogP contribution in [0.1, 0.15) is 29.9 Å². The zero-order chi connectivity index (χ0) is 26.5. The normalized spacial score (nSPS) is 22.6. The highest BCUT2D eigenvalue weighted by Gasteiger charge is 2.67. The number of carbonyl (C=O) groups excluding carboxylic acids is 4. The van der Waals surface area contributed by atoms with Gasteiger partial charge in [0, 0.05) is 18.4 Å². The molecule has 0 amide bonds. The van der Waals surface area contributed by atoms with Gasteiger partial charge in [0.15, 0.2) is 5.54 Å². The van der Waals surface area contributed by atoms with Gasteiger partial charge < -0.3 is 23.8 Å². The van der Waals surface area contributed by atoms with E-state index in [1.165, 1.54) is 14.2 Å². The van der Waals surface area contributed by atoms with E-state index in [9.17, 15) is 19.2 Å². The second-order valence-corrected chi connectivity index (χ2v) is 9.31. The molecule has 37 heavy (non-hydrogen) atoms. The smallest absolute Gasteiger partial charge is 0.341 e. The number of methoxy groups -OCH3 is 4. The lowest BCUT2D eigenvalue weighted by Gasteiger charge is -2.45. The predicted octanol–water partition coefficient (Wildman–Crippen LogP) is 1.11. The maximum Gasteiger partial charge on any atom is 0.341 e. The minimum atomic E-state index is -1.24. The minimum Gasteiger partial charge on any atom is -0.466 e. The molecule has 2 aromatic rings. The van der Waals surface area contributed by atoms with Gasteiger partial charge in [-0.2, -0.15) is 0 Å². The minimum absolute atomic E-state index is 0.0134. The number of hydrogen-bond donors (Lipinski definition) is 1. The van der Waals surface area contributed by atoms with Crippen molar-refractivity contribution in [3.63, 3.8) is 0 Å². The van der Waals surface area contributed by atoms with Crippen LogP contribution in [-0.4, -0.2) is 65.4 Å². The molecule has 1 aliphatic heterocycles. The molecule has 1 fully saturated rings. The third-order valence-corrected chi connectivity index (χ3v) is 7.90. The van der Waals surface area contributed by atoms with E-state index in [0.29, 0.717) is 13.1 Å². The van der Waals surface area contributed by atoms with Crippen LogP contribution in [0.5, 0.6) is 0 Å². The highest BCUT2D eigenvalue weighted by Crippen LogP contribution is 2.59. The van der Waals surface area contributed by atoms with Gasteiger partial charge in [0.25, 0.3) is 0 Å². The van der Waals surface area contributed by atoms with Crippen LogP contribution in [0.4, 0.5) is 0 Å². The van der Waals surface area contributed by atoms with Gasteiger partial charge in [0.05, 0.1) is 64.2 Å². The maximum atomic E-state index is 13.8. The first kappa shape index (κ1) is 24.7. The molecule has 3 aliphatic rings. The first-order valence-corrected chi connectivity index (χ1v) is 12.1. The number of fused-ring (bicyclic) bond motifs is 3. The average Bonchev–Trinajstić information content (AvgIpc) is 3.57. The number of esters is 4. The van der Waals surface area contributed by atoms with Crippen LogP contribution < -0.4 is 4.90 Å². The Bertz CT molecular complexity index is 1410. The second kappa shape index (κ2) is 9.15. The lowest BCUT2D eigenvalue weighted by molar-refractivity contribution is -0.944. The van der Waals surface area contributed by atoms with Gasteiger partial charge in [-0.15, -0.1) is 0 Å². The Labute approximate surface area is 213 Å². The lowest BCUT2D eigenvalue weighted by atomic mass is 9.63. The molecule has 0 unspecified atom stereocenters. The van der Waals surface area contributed by atoms with Crippen LogP contribution in [0.15, 0.2) is 58.7 Å². The quantitative estimate of drug-likeness (QED) is 0.475. The summed E-state index contributed by atoms with van der Waals surface area (Å²) in [5.74, 6) is -4.27. The van der Waals surface area contributed by atoms with Gasteiger partial charge in [-0.3, -0.25) is 0 Å². The van der Waals surface area contributed by atoms with E-state index >= 15 is 0 Å². The van der Waals surface area contributed by atoms with Crippen molar-refractivity contribution in [1.82, 2.24) is 0 Å². The zero-order valence-corrected chi connectivity index (χ0v) is 21.1. The summed E-state index contributed by atoms with van der Waals surface area (Å²) in [6.45, 7) is 1.36. The summed E-state index contributed by atoms with van der Waals surface area (Å²) in [4.78, 5) is 55.1. The lowest BCUT2D eigenvalue weighted by Crippen LogP contribution is -3.18. The molecule has 1 saturated heterocycles. The number of rotatable bonds is 5. The number of ether oxygens (including phenoxy) is 4. The summed E-state index contributed by atoms with van der Waals surface area (Å²) in [5.41, 5.74) is -0.412. The summed E-state index contributed by atoms with van der Waals surface area (Å²) in [6.07, 6.45) is 1.78. The van der Waals surface area contributed by atoms with E-state index in [0.717, 1.165) is 53.9 Å². The van der Waals surface area contributed by atoms with Crippen molar-refractivity contribution in [2.75, 3.05) is 41.5 Å². The Morgan fingerprint density at radius 2 is 1.32 bits per heavy atom. The Morgan fingerprint density at radius 1 is 0.757 bits per heavy atom. The fourth-order valence-corrected chi connectivity index (χ4v) is 6.66. The number of hydrogen-bond acceptors (Lipinski definition) is 8. The molecule has 5 rings (SSSR count). The molecule has 192 valence electrons. The van der Waals surface area contributed by atoms with Gasteiger partial charge in [0.1, 0.15) is 5.57 Å². The van der Waals surface area contributed by atoms with Crippen molar-refractivity contribution in [3.05, 3.63) is 69.8 Å². The molecule has 2 aromatic carbocycles. The third kappa shape index (κ3) is 3.20. The molecule has 0 aromatic heterocycles. The monoisotopic (exact) mass is 506 g/mol. The molecule has 0 saturated carbocycles. The van der Waals surface area contributed by atoms with Crippen LogP contribution in [-0.2, 0) is 43.7 Å². The Morgan fingerprint density at radius 3 is 1.92 bits per heavy atom. The zero-order valence-electron chi connectivity index (χ0n) is 21.1. The molecule has 2 atom stereocenters. The predicted molar refractivity (Wildman–Crippen MR) is 130 cm³/mol. The van der Waals surface area contributed by atoms with Crippen LogP contribution in [0.2, 0.25) is 0 Å². The van der Waals surface area contributed by atoms with Gasteiger partial charge >= 0.3 is 23.9 Å². The molecule has 0 bridgehead atoms. The van der Waals surface area contributed by atoms with Crippen LogP contribution in [0, 0.1) is 0 Å². The van der Waals surface area contributed by atoms with Gasteiger partial charge in [-0.05, 0) is 16.3 Å². The van der Waals surface area contributed by atoms with E-state index in [1.807, 2.05) is 36.4 Å². The summed E-state index contributed by atoms with van der Waals surface area (Å²) in [6, 6.07) is 11.5. The summed E-state index contributed by atoms with van der Waals surface area (Å²) < 4.78 is 20.6. The fraction of sp³-hybridized carbons (Fsp3) is 0.357. The topological polar surface area (TPSA) is 110 Å². The molecular formula is C28H28NO8+. The summed E-state index contributed by atoms with van der Waals surface area (Å²) in [7, 11) is 4.75. The molecule has 1 N–H and O–H groups in total. The van der Waals surface area contributed by atoms with Crippen LogP contribution in [0.25, 0.3) is 10.8 Å². The van der Waals surface area contributed by atoms with E-state index in [4.69, 9.17) is 18.9 Å². The molecule has 0 spiro atoms. The van der Waals surface area contributed by atoms with Crippen LogP contribution >= 0.6 is 0 Å². The largest absolute Gasteiger partial charge is 0.466 e. The molecule has 1 heterocycles. The molecule has 2 aliphatic carbocycles. The Hall–Kier alpha value is -3.98. The van der Waals surface area contributed by atoms with Crippen molar-refractivity contribution in [1.29, 1.82) is 0 Å². The summed E-state index contributed by atoms with van der Waals surface area (Å²) in [5, 5.41) is 1.78. The molecule has 9 heteroatoms. The van der Waals surface area contributed by atoms with E-state index in [2.05, 4.69) is 0 Å². The number of likely N-dealkylation sites (tertiary alicyclic amines) is 1. The molecule has 0 radical (unpaired) electrons. The van der Waals surface area contributed by atoms with Gasteiger partial charge in [0.2, 0.25) is 0 Å². The molecular weight excluding hydrogens is 478 g/mol. The van der Waals surface area contributed by atoms with Crippen molar-refractivity contribution in [2.24, 2.45) is 0 Å². The number of nitrogens with one attached hydrogen (secondary N) is 1. The fourth-order valence-electron chi connectivity index (χ4n) is 6.66. The number of carbonyl (C=O) groups is 4. The highest BCUT2D eigenvalue weighted by atomic mass is 16.5. The average molecular weight is 507 g/mol. The first-order valence-electron chi connectivity index (χ1n) is 12.1. The van der Waals surface area contributed by atoms with Gasteiger partial charge in [-0.25, -0.2) is 19.2 Å². The Kier molecular flexibility index (Phi) is 6.11. The van der Waals surface area contributed by atoms with E-state index in [1.54, 1.807) is 0 Å². The van der Waals surface area contributed by atoms with E-state index in [-0.39, 0.29) is 22.3 Å². The van der Waals surface area contributed by atoms with Crippen molar-refractivity contribution in [3.8, 4) is 0 Å².